The fourth-order valence-corrected chi connectivity index (χ4v) is 5.30. The van der Waals surface area contributed by atoms with Crippen LogP contribution in [-0.2, 0) is 14.3 Å². The van der Waals surface area contributed by atoms with Crippen LogP contribution >= 0.6 is 11.3 Å². The minimum absolute atomic E-state index is 0.0145. The summed E-state index contributed by atoms with van der Waals surface area (Å²) in [6.45, 7) is 11.8. The van der Waals surface area contributed by atoms with Gasteiger partial charge in [-0.25, -0.2) is 4.79 Å². The first kappa shape index (κ1) is 26.9. The summed E-state index contributed by atoms with van der Waals surface area (Å²) in [5, 5.41) is 6.58. The van der Waals surface area contributed by atoms with Crippen LogP contribution in [0, 0.1) is 18.8 Å². The van der Waals surface area contributed by atoms with Crippen molar-refractivity contribution in [2.75, 3.05) is 31.6 Å². The predicted octanol–water partition coefficient (Wildman–Crippen LogP) is 4.71. The molecule has 190 valence electrons. The van der Waals surface area contributed by atoms with Gasteiger partial charge in [0.1, 0.15) is 10.6 Å². The van der Waals surface area contributed by atoms with Gasteiger partial charge in [-0.1, -0.05) is 44.2 Å². The Hall–Kier alpha value is -2.71. The van der Waals surface area contributed by atoms with Gasteiger partial charge in [-0.2, -0.15) is 0 Å². The smallest absolute Gasteiger partial charge is 0.341 e. The van der Waals surface area contributed by atoms with Gasteiger partial charge in [0.15, 0.2) is 0 Å². The maximum absolute atomic E-state index is 12.9. The van der Waals surface area contributed by atoms with E-state index in [-0.39, 0.29) is 36.9 Å². The van der Waals surface area contributed by atoms with Crippen LogP contribution in [0.15, 0.2) is 30.3 Å². The summed E-state index contributed by atoms with van der Waals surface area (Å²) in [6, 6.07) is 9.82. The molecular weight excluding hydrogens is 462 g/mol. The second-order valence-electron chi connectivity index (χ2n) is 9.46. The Bertz CT molecular complexity index is 1030. The summed E-state index contributed by atoms with van der Waals surface area (Å²) in [6.07, 6.45) is 1.46. The number of rotatable bonds is 9. The van der Waals surface area contributed by atoms with Crippen molar-refractivity contribution in [3.63, 3.8) is 0 Å². The lowest BCUT2D eigenvalue weighted by atomic mass is 9.95. The summed E-state index contributed by atoms with van der Waals surface area (Å²) < 4.78 is 5.32. The quantitative estimate of drug-likeness (QED) is 0.488. The van der Waals surface area contributed by atoms with E-state index in [1.807, 2.05) is 44.2 Å². The first-order valence-electron chi connectivity index (χ1n) is 12.4. The molecule has 1 atom stereocenters. The third-order valence-corrected chi connectivity index (χ3v) is 7.60. The molecule has 0 aliphatic carbocycles. The first-order valence-corrected chi connectivity index (χ1v) is 13.2. The van der Waals surface area contributed by atoms with Crippen LogP contribution in [0.2, 0.25) is 0 Å². The normalized spacial score (nSPS) is 15.6. The molecule has 35 heavy (non-hydrogen) atoms. The fourth-order valence-electron chi connectivity index (χ4n) is 4.21. The Morgan fingerprint density at radius 2 is 1.77 bits per heavy atom. The van der Waals surface area contributed by atoms with Gasteiger partial charge in [0.25, 0.3) is 0 Å². The maximum Gasteiger partial charge on any atom is 0.341 e. The van der Waals surface area contributed by atoms with Crippen molar-refractivity contribution in [2.24, 2.45) is 11.8 Å². The van der Waals surface area contributed by atoms with E-state index in [0.29, 0.717) is 29.6 Å². The van der Waals surface area contributed by atoms with E-state index in [0.717, 1.165) is 28.8 Å². The average molecular weight is 500 g/mol. The van der Waals surface area contributed by atoms with Gasteiger partial charge in [0.2, 0.25) is 11.8 Å². The minimum Gasteiger partial charge on any atom is -0.462 e. The number of esters is 1. The number of aryl methyl sites for hydroxylation is 1. The maximum atomic E-state index is 12.9. The van der Waals surface area contributed by atoms with Crippen molar-refractivity contribution in [2.45, 2.75) is 53.5 Å². The van der Waals surface area contributed by atoms with Crippen molar-refractivity contribution >= 4 is 34.1 Å². The number of thiophene rings is 1. The summed E-state index contributed by atoms with van der Waals surface area (Å²) >= 11 is 1.39. The number of likely N-dealkylation sites (tertiary alicyclic amines) is 1. The van der Waals surface area contributed by atoms with Gasteiger partial charge in [-0.05, 0) is 58.2 Å². The molecule has 0 bridgehead atoms. The number of ether oxygens (including phenoxy) is 1. The van der Waals surface area contributed by atoms with Crippen molar-refractivity contribution in [1.29, 1.82) is 0 Å². The first-order chi connectivity index (χ1) is 16.7. The third kappa shape index (κ3) is 6.92. The van der Waals surface area contributed by atoms with Crippen LogP contribution in [0.4, 0.5) is 5.00 Å². The standard InChI is InChI=1S/C27H37N3O4S/c1-6-34-27(33)24-23(20-10-8-7-9-11-20)19(5)35-26(24)29-22(31)16-30-14-12-21(13-15-30)25(32)28-18(4)17(2)3/h7-11,17-18,21H,6,12-16H2,1-5H3,(H,28,32)(H,29,31). The highest BCUT2D eigenvalue weighted by atomic mass is 32.1. The number of anilines is 1. The van der Waals surface area contributed by atoms with Crippen LogP contribution < -0.4 is 10.6 Å². The van der Waals surface area contributed by atoms with Crippen LogP contribution in [0.3, 0.4) is 0 Å². The van der Waals surface area contributed by atoms with Gasteiger partial charge in [-0.15, -0.1) is 11.3 Å². The molecule has 3 rings (SSSR count). The lowest BCUT2D eigenvalue weighted by molar-refractivity contribution is -0.127. The van der Waals surface area contributed by atoms with Gasteiger partial charge in [0.05, 0.1) is 13.2 Å². The van der Waals surface area contributed by atoms with E-state index >= 15 is 0 Å². The van der Waals surface area contributed by atoms with Crippen molar-refractivity contribution in [3.8, 4) is 11.1 Å². The van der Waals surface area contributed by atoms with Gasteiger partial charge in [0, 0.05) is 22.4 Å². The molecule has 2 aromatic rings. The highest BCUT2D eigenvalue weighted by Crippen LogP contribution is 2.40. The number of nitrogens with one attached hydrogen (secondary N) is 2. The van der Waals surface area contributed by atoms with Crippen molar-refractivity contribution in [1.82, 2.24) is 10.2 Å². The van der Waals surface area contributed by atoms with Gasteiger partial charge in [-0.3, -0.25) is 14.5 Å². The highest BCUT2D eigenvalue weighted by molar-refractivity contribution is 7.17. The van der Waals surface area contributed by atoms with Gasteiger partial charge < -0.3 is 15.4 Å². The molecule has 0 spiro atoms. The third-order valence-electron chi connectivity index (χ3n) is 6.57. The van der Waals surface area contributed by atoms with Crippen molar-refractivity contribution in [3.05, 3.63) is 40.8 Å². The summed E-state index contributed by atoms with van der Waals surface area (Å²) in [5.41, 5.74) is 2.12. The van der Waals surface area contributed by atoms with E-state index in [1.54, 1.807) is 6.92 Å². The molecule has 1 aliphatic heterocycles. The minimum atomic E-state index is -0.437. The Kier molecular flexibility index (Phi) is 9.46. The summed E-state index contributed by atoms with van der Waals surface area (Å²) in [7, 11) is 0. The Labute approximate surface area is 212 Å². The molecule has 1 saturated heterocycles. The summed E-state index contributed by atoms with van der Waals surface area (Å²) in [4.78, 5) is 41.3. The Morgan fingerprint density at radius 3 is 2.37 bits per heavy atom. The van der Waals surface area contributed by atoms with E-state index in [1.165, 1.54) is 11.3 Å². The second kappa shape index (κ2) is 12.3. The number of piperidine rings is 1. The number of amides is 2. The average Bonchev–Trinajstić information content (AvgIpc) is 3.15. The molecule has 0 radical (unpaired) electrons. The zero-order valence-corrected chi connectivity index (χ0v) is 22.2. The number of hydrogen-bond acceptors (Lipinski definition) is 6. The lowest BCUT2D eigenvalue weighted by Gasteiger charge is -2.31. The Balaban J connectivity index is 1.64. The number of carbonyl (C=O) groups excluding carboxylic acids is 3. The van der Waals surface area contributed by atoms with Crippen LogP contribution in [0.1, 0.15) is 55.8 Å². The number of nitrogens with zero attached hydrogens (tertiary/aromatic N) is 1. The predicted molar refractivity (Wildman–Crippen MR) is 141 cm³/mol. The number of hydrogen-bond donors (Lipinski definition) is 2. The monoisotopic (exact) mass is 499 g/mol. The zero-order valence-electron chi connectivity index (χ0n) is 21.3. The topological polar surface area (TPSA) is 87.7 Å². The van der Waals surface area contributed by atoms with E-state index < -0.39 is 5.97 Å². The zero-order chi connectivity index (χ0) is 25.5. The molecule has 1 aliphatic rings. The largest absolute Gasteiger partial charge is 0.462 e. The molecule has 1 unspecified atom stereocenters. The Morgan fingerprint density at radius 1 is 1.11 bits per heavy atom. The molecule has 2 N–H and O–H groups in total. The van der Waals surface area contributed by atoms with Crippen molar-refractivity contribution < 1.29 is 19.1 Å². The summed E-state index contributed by atoms with van der Waals surface area (Å²) in [5.74, 6) is -0.122. The van der Waals surface area contributed by atoms with Crippen LogP contribution in [0.5, 0.6) is 0 Å². The molecule has 1 aromatic carbocycles. The molecular formula is C27H37N3O4S. The molecule has 8 heteroatoms. The van der Waals surface area contributed by atoms with Crippen LogP contribution in [-0.4, -0.2) is 55.0 Å². The number of benzene rings is 1. The SMILES string of the molecule is CCOC(=O)c1c(NC(=O)CN2CCC(C(=O)NC(C)C(C)C)CC2)sc(C)c1-c1ccccc1. The van der Waals surface area contributed by atoms with E-state index in [2.05, 4.69) is 29.4 Å². The van der Waals surface area contributed by atoms with E-state index in [4.69, 9.17) is 4.74 Å². The molecule has 0 saturated carbocycles. The molecule has 1 aromatic heterocycles. The number of carbonyl (C=O) groups is 3. The molecule has 1 fully saturated rings. The van der Waals surface area contributed by atoms with Gasteiger partial charge >= 0.3 is 5.97 Å². The fraction of sp³-hybridized carbons (Fsp3) is 0.519. The molecule has 2 heterocycles. The molecule has 2 amide bonds. The lowest BCUT2D eigenvalue weighted by Crippen LogP contribution is -2.45. The van der Waals surface area contributed by atoms with E-state index in [9.17, 15) is 14.4 Å². The molecule has 7 nitrogen and oxygen atoms in total. The second-order valence-corrected chi connectivity index (χ2v) is 10.7. The van der Waals surface area contributed by atoms with Crippen LogP contribution in [0.25, 0.3) is 11.1 Å². The highest BCUT2D eigenvalue weighted by Gasteiger charge is 2.29.